The number of halogens is 2. The molecule has 7 nitrogen and oxygen atoms in total. The molecular formula is C17H25Cl2N5O2. The molecular weight excluding hydrogens is 377 g/mol. The van der Waals surface area contributed by atoms with Gasteiger partial charge >= 0.3 is 0 Å². The van der Waals surface area contributed by atoms with E-state index in [0.29, 0.717) is 42.9 Å². The van der Waals surface area contributed by atoms with Crippen LogP contribution in [0.3, 0.4) is 0 Å². The number of hydrogen-bond acceptors (Lipinski definition) is 7. The van der Waals surface area contributed by atoms with E-state index in [1.165, 1.54) is 6.08 Å². The number of hydrogen-bond donors (Lipinski definition) is 2. The van der Waals surface area contributed by atoms with Gasteiger partial charge in [-0.3, -0.25) is 0 Å². The van der Waals surface area contributed by atoms with Crippen LogP contribution in [-0.4, -0.2) is 49.2 Å². The highest BCUT2D eigenvalue weighted by atomic mass is 35.5. The zero-order valence-corrected chi connectivity index (χ0v) is 16.6. The van der Waals surface area contributed by atoms with E-state index < -0.39 is 0 Å². The lowest BCUT2D eigenvalue weighted by molar-refractivity contribution is 0.0800. The molecule has 0 saturated heterocycles. The van der Waals surface area contributed by atoms with Crippen molar-refractivity contribution in [3.63, 3.8) is 0 Å². The Morgan fingerprint density at radius 3 is 2.42 bits per heavy atom. The maximum atomic E-state index is 6.10. The number of rotatable bonds is 12. The molecule has 0 aromatic carbocycles. The van der Waals surface area contributed by atoms with E-state index in [-0.39, 0.29) is 15.9 Å². The largest absolute Gasteiger partial charge is 0.384 e. The van der Waals surface area contributed by atoms with Gasteiger partial charge in [-0.15, -0.1) is 10.2 Å². The summed E-state index contributed by atoms with van der Waals surface area (Å²) in [6.45, 7) is 9.26. The van der Waals surface area contributed by atoms with Gasteiger partial charge < -0.3 is 20.5 Å². The van der Waals surface area contributed by atoms with Crippen LogP contribution in [0, 0.1) is 5.92 Å². The molecule has 0 aliphatic carbocycles. The Labute approximate surface area is 164 Å². The van der Waals surface area contributed by atoms with Gasteiger partial charge in [0.15, 0.2) is 5.82 Å². The standard InChI is InChI=1S/C17H25Cl2N5O2/c1-5-13(14(19)11(2)18)15-16(20)22-17(24-23-15)21-8-6-7-12(9-25-3)10-26-4/h5,12H,1-2,6-10H2,3-4H3,(H3,20,21,22,24)/b14-13-. The Bertz CT molecular complexity index is 646. The predicted molar refractivity (Wildman–Crippen MR) is 107 cm³/mol. The van der Waals surface area contributed by atoms with Gasteiger partial charge in [-0.2, -0.15) is 4.98 Å². The normalized spacial score (nSPS) is 12.0. The fourth-order valence-electron chi connectivity index (χ4n) is 2.32. The van der Waals surface area contributed by atoms with E-state index in [9.17, 15) is 0 Å². The molecule has 1 heterocycles. The highest BCUT2D eigenvalue weighted by molar-refractivity contribution is 6.46. The third kappa shape index (κ3) is 6.92. The minimum atomic E-state index is 0.159. The number of aromatic nitrogens is 3. The van der Waals surface area contributed by atoms with Crippen LogP contribution in [0.15, 0.2) is 29.3 Å². The van der Waals surface area contributed by atoms with Crippen LogP contribution < -0.4 is 11.1 Å². The first-order valence-electron chi connectivity index (χ1n) is 8.03. The second-order valence-electron chi connectivity index (χ2n) is 5.55. The molecule has 26 heavy (non-hydrogen) atoms. The van der Waals surface area contributed by atoms with Crippen molar-refractivity contribution in [2.75, 3.05) is 45.0 Å². The van der Waals surface area contributed by atoms with Crippen LogP contribution in [0.1, 0.15) is 18.5 Å². The zero-order valence-electron chi connectivity index (χ0n) is 15.1. The molecule has 1 rings (SSSR count). The number of methoxy groups -OCH3 is 2. The number of ether oxygens (including phenoxy) is 2. The number of anilines is 2. The summed E-state index contributed by atoms with van der Waals surface area (Å²) >= 11 is 11.9. The maximum absolute atomic E-state index is 6.10. The minimum absolute atomic E-state index is 0.159. The molecule has 0 unspecified atom stereocenters. The van der Waals surface area contributed by atoms with E-state index in [1.54, 1.807) is 14.2 Å². The van der Waals surface area contributed by atoms with E-state index in [0.717, 1.165) is 12.8 Å². The van der Waals surface area contributed by atoms with Crippen molar-refractivity contribution in [2.45, 2.75) is 12.8 Å². The molecule has 0 aliphatic heterocycles. The number of allylic oxidation sites excluding steroid dienone is 4. The molecule has 1 aromatic heterocycles. The Kier molecular flexibility index (Phi) is 10.2. The Balaban J connectivity index is 2.69. The van der Waals surface area contributed by atoms with Crippen LogP contribution in [0.2, 0.25) is 0 Å². The monoisotopic (exact) mass is 401 g/mol. The lowest BCUT2D eigenvalue weighted by atomic mass is 10.1. The van der Waals surface area contributed by atoms with Crippen LogP contribution in [0.25, 0.3) is 5.57 Å². The summed E-state index contributed by atoms with van der Waals surface area (Å²) in [5, 5.41) is 11.6. The fraction of sp³-hybridized carbons (Fsp3) is 0.471. The van der Waals surface area contributed by atoms with Crippen LogP contribution >= 0.6 is 23.2 Å². The number of nitrogens with two attached hydrogens (primary N) is 1. The first kappa shape index (κ1) is 22.4. The average molecular weight is 402 g/mol. The summed E-state index contributed by atoms with van der Waals surface area (Å²) in [6.07, 6.45) is 3.33. The highest BCUT2D eigenvalue weighted by Gasteiger charge is 2.14. The summed E-state index contributed by atoms with van der Waals surface area (Å²) in [5.74, 6) is 0.861. The first-order chi connectivity index (χ1) is 12.4. The summed E-state index contributed by atoms with van der Waals surface area (Å²) in [6, 6.07) is 0. The molecule has 0 saturated carbocycles. The number of nitrogen functional groups attached to an aromatic ring is 1. The van der Waals surface area contributed by atoms with Crippen molar-refractivity contribution in [3.8, 4) is 0 Å². The third-order valence-corrected chi connectivity index (χ3v) is 4.24. The third-order valence-electron chi connectivity index (χ3n) is 3.52. The summed E-state index contributed by atoms with van der Waals surface area (Å²) < 4.78 is 10.4. The van der Waals surface area contributed by atoms with Crippen molar-refractivity contribution in [1.29, 1.82) is 0 Å². The molecule has 0 fully saturated rings. The van der Waals surface area contributed by atoms with E-state index in [2.05, 4.69) is 33.7 Å². The molecule has 0 bridgehead atoms. The SMILES string of the molecule is C=C/C(=C(/Cl)C(=C)Cl)c1nnc(NCCCC(COC)COC)nc1N. The topological polar surface area (TPSA) is 95.2 Å². The lowest BCUT2D eigenvalue weighted by Crippen LogP contribution is -2.16. The second kappa shape index (κ2) is 11.9. The summed E-state index contributed by atoms with van der Waals surface area (Å²) in [4.78, 5) is 4.20. The average Bonchev–Trinajstić information content (AvgIpc) is 2.61. The number of nitrogens with zero attached hydrogens (tertiary/aromatic N) is 3. The van der Waals surface area contributed by atoms with Gasteiger partial charge in [0.2, 0.25) is 5.95 Å². The van der Waals surface area contributed by atoms with Gasteiger partial charge in [-0.05, 0) is 12.8 Å². The van der Waals surface area contributed by atoms with Crippen molar-refractivity contribution in [2.24, 2.45) is 5.92 Å². The summed E-state index contributed by atoms with van der Waals surface area (Å²) in [5.41, 5.74) is 6.70. The Morgan fingerprint density at radius 1 is 1.27 bits per heavy atom. The van der Waals surface area contributed by atoms with Gasteiger partial charge in [-0.1, -0.05) is 42.4 Å². The second-order valence-corrected chi connectivity index (χ2v) is 6.39. The molecule has 0 atom stereocenters. The lowest BCUT2D eigenvalue weighted by Gasteiger charge is -2.15. The van der Waals surface area contributed by atoms with Crippen LogP contribution in [0.4, 0.5) is 11.8 Å². The van der Waals surface area contributed by atoms with E-state index >= 15 is 0 Å². The molecule has 0 amide bonds. The van der Waals surface area contributed by atoms with E-state index in [1.807, 2.05) is 0 Å². The molecule has 0 radical (unpaired) electrons. The van der Waals surface area contributed by atoms with Gasteiger partial charge in [-0.25, -0.2) is 0 Å². The smallest absolute Gasteiger partial charge is 0.244 e. The molecule has 144 valence electrons. The van der Waals surface area contributed by atoms with Gasteiger partial charge in [0.05, 0.1) is 23.3 Å². The van der Waals surface area contributed by atoms with Crippen molar-refractivity contribution in [1.82, 2.24) is 15.2 Å². The minimum Gasteiger partial charge on any atom is -0.384 e. The predicted octanol–water partition coefficient (Wildman–Crippen LogP) is 3.44. The molecule has 0 spiro atoms. The molecule has 0 aliphatic rings. The number of nitrogens with one attached hydrogen (secondary N) is 1. The quantitative estimate of drug-likeness (QED) is 0.408. The Hall–Kier alpha value is -1.67. The molecule has 9 heteroatoms. The highest BCUT2D eigenvalue weighted by Crippen LogP contribution is 2.29. The summed E-state index contributed by atoms with van der Waals surface area (Å²) in [7, 11) is 3.37. The maximum Gasteiger partial charge on any atom is 0.244 e. The van der Waals surface area contributed by atoms with Crippen LogP contribution in [0.5, 0.6) is 0 Å². The van der Waals surface area contributed by atoms with E-state index in [4.69, 9.17) is 38.4 Å². The fourth-order valence-corrected chi connectivity index (χ4v) is 2.59. The Morgan fingerprint density at radius 2 is 1.92 bits per heavy atom. The molecule has 1 aromatic rings. The van der Waals surface area contributed by atoms with Crippen molar-refractivity contribution >= 4 is 40.5 Å². The zero-order chi connectivity index (χ0) is 19.5. The van der Waals surface area contributed by atoms with Gasteiger partial charge in [0, 0.05) is 32.3 Å². The van der Waals surface area contributed by atoms with Crippen LogP contribution in [-0.2, 0) is 9.47 Å². The van der Waals surface area contributed by atoms with Gasteiger partial charge in [0.25, 0.3) is 0 Å². The van der Waals surface area contributed by atoms with Crippen molar-refractivity contribution in [3.05, 3.63) is 35.0 Å². The van der Waals surface area contributed by atoms with Crippen molar-refractivity contribution < 1.29 is 9.47 Å². The molecule has 3 N–H and O–H groups in total. The first-order valence-corrected chi connectivity index (χ1v) is 8.79. The van der Waals surface area contributed by atoms with Gasteiger partial charge in [0.1, 0.15) is 5.69 Å².